The van der Waals surface area contributed by atoms with Gasteiger partial charge in [0.25, 0.3) is 5.82 Å². The average Bonchev–Trinajstić information content (AvgIpc) is 2.38. The summed E-state index contributed by atoms with van der Waals surface area (Å²) in [5.41, 5.74) is -4.63. The number of hydrogen-bond donors (Lipinski definition) is 2. The first-order chi connectivity index (χ1) is 10.4. The molecule has 1 rings (SSSR count). The SMILES string of the molecule is CCOC(=O)NC(Nc1[nH+]cccc1C)(C(F)(F)F)C(F)(F)F. The number of alkyl halides is 6. The highest BCUT2D eigenvalue weighted by molar-refractivity contribution is 5.69. The van der Waals surface area contributed by atoms with Crippen LogP contribution in [0, 0.1) is 6.92 Å². The molecule has 5 nitrogen and oxygen atoms in total. The third-order valence-corrected chi connectivity index (χ3v) is 2.79. The zero-order valence-electron chi connectivity index (χ0n) is 12.0. The Morgan fingerprint density at radius 1 is 1.22 bits per heavy atom. The van der Waals surface area contributed by atoms with E-state index in [9.17, 15) is 31.1 Å². The van der Waals surface area contributed by atoms with E-state index < -0.39 is 36.5 Å². The van der Waals surface area contributed by atoms with Gasteiger partial charge in [0.2, 0.25) is 0 Å². The van der Waals surface area contributed by atoms with Crippen LogP contribution in [0.4, 0.5) is 37.0 Å². The van der Waals surface area contributed by atoms with Crippen LogP contribution in [0.15, 0.2) is 18.3 Å². The molecule has 1 aromatic rings. The maximum atomic E-state index is 13.2. The second-order valence-electron chi connectivity index (χ2n) is 4.44. The zero-order chi connectivity index (χ0) is 17.9. The van der Waals surface area contributed by atoms with Gasteiger partial charge in [0, 0.05) is 5.56 Å². The molecule has 0 spiro atoms. The standard InChI is InChI=1S/C12H13F6N3O2/c1-3-23-9(22)21-10(11(13,14)15,12(16,17)18)20-8-7(2)5-4-6-19-8/h4-6H,3H2,1-2H3,(H,19,20)(H,21,22)/p+1. The lowest BCUT2D eigenvalue weighted by atomic mass is 10.1. The minimum Gasteiger partial charge on any atom is -0.450 e. The maximum absolute atomic E-state index is 13.2. The number of carbonyl (C=O) groups excluding carboxylic acids is 1. The van der Waals surface area contributed by atoms with Crippen LogP contribution in [-0.2, 0) is 4.74 Å². The normalized spacial score (nSPS) is 12.7. The van der Waals surface area contributed by atoms with Crippen molar-refractivity contribution in [2.75, 3.05) is 11.9 Å². The number of alkyl carbamates (subject to hydrolysis) is 1. The van der Waals surface area contributed by atoms with Crippen molar-refractivity contribution >= 4 is 11.9 Å². The molecule has 3 N–H and O–H groups in total. The number of amides is 1. The number of halogens is 6. The van der Waals surface area contributed by atoms with Gasteiger partial charge in [-0.25, -0.2) is 15.1 Å². The fourth-order valence-corrected chi connectivity index (χ4v) is 1.64. The Labute approximate surface area is 127 Å². The van der Waals surface area contributed by atoms with E-state index in [2.05, 4.69) is 9.72 Å². The first kappa shape index (κ1) is 18.8. The van der Waals surface area contributed by atoms with Crippen LogP contribution in [0.25, 0.3) is 0 Å². The number of aromatic amines is 1. The highest BCUT2D eigenvalue weighted by Crippen LogP contribution is 2.43. The summed E-state index contributed by atoms with van der Waals surface area (Å²) in [6, 6.07) is 2.68. The first-order valence-corrected chi connectivity index (χ1v) is 6.28. The van der Waals surface area contributed by atoms with Crippen molar-refractivity contribution in [1.29, 1.82) is 0 Å². The third-order valence-electron chi connectivity index (χ3n) is 2.79. The Bertz CT molecular complexity index is 544. The fourth-order valence-electron chi connectivity index (χ4n) is 1.64. The van der Waals surface area contributed by atoms with E-state index >= 15 is 0 Å². The molecule has 1 heterocycles. The molecule has 1 aromatic heterocycles. The van der Waals surface area contributed by atoms with Gasteiger partial charge < -0.3 is 4.74 Å². The molecule has 0 saturated heterocycles. The predicted octanol–water partition coefficient (Wildman–Crippen LogP) is 2.79. The number of hydrogen-bond acceptors (Lipinski definition) is 3. The van der Waals surface area contributed by atoms with Crippen molar-refractivity contribution in [2.45, 2.75) is 31.9 Å². The summed E-state index contributed by atoms with van der Waals surface area (Å²) in [6.07, 6.45) is -12.5. The van der Waals surface area contributed by atoms with Crippen molar-refractivity contribution in [2.24, 2.45) is 0 Å². The number of pyridine rings is 1. The number of carbonyl (C=O) groups is 1. The van der Waals surface area contributed by atoms with Gasteiger partial charge in [0.1, 0.15) is 0 Å². The molecule has 0 aliphatic rings. The molecule has 0 radical (unpaired) electrons. The molecule has 0 unspecified atom stereocenters. The van der Waals surface area contributed by atoms with Crippen LogP contribution >= 0.6 is 0 Å². The van der Waals surface area contributed by atoms with E-state index in [0.717, 1.165) is 11.5 Å². The van der Waals surface area contributed by atoms with Crippen molar-refractivity contribution in [3.8, 4) is 0 Å². The lowest BCUT2D eigenvalue weighted by Gasteiger charge is -2.34. The largest absolute Gasteiger partial charge is 0.462 e. The second kappa shape index (κ2) is 6.50. The molecule has 0 aliphatic heterocycles. The third kappa shape index (κ3) is 3.96. The quantitative estimate of drug-likeness (QED) is 0.651. The molecule has 0 saturated carbocycles. The van der Waals surface area contributed by atoms with Crippen LogP contribution in [0.2, 0.25) is 0 Å². The minimum atomic E-state index is -5.89. The summed E-state index contributed by atoms with van der Waals surface area (Å²) in [5, 5.41) is 2.16. The van der Waals surface area contributed by atoms with Crippen molar-refractivity contribution < 1.29 is 40.9 Å². The van der Waals surface area contributed by atoms with Crippen LogP contribution in [-0.4, -0.2) is 30.7 Å². The van der Waals surface area contributed by atoms with Gasteiger partial charge in [0.05, 0.1) is 12.8 Å². The van der Waals surface area contributed by atoms with Crippen LogP contribution < -0.4 is 15.6 Å². The molecule has 0 fully saturated rings. The Balaban J connectivity index is 3.39. The smallest absolute Gasteiger partial charge is 0.450 e. The Morgan fingerprint density at radius 3 is 2.22 bits per heavy atom. The van der Waals surface area contributed by atoms with Gasteiger partial charge in [-0.05, 0) is 26.0 Å². The summed E-state index contributed by atoms with van der Waals surface area (Å²) in [4.78, 5) is 13.5. The Kier molecular flexibility index (Phi) is 5.33. The van der Waals surface area contributed by atoms with E-state index in [0.29, 0.717) is 0 Å². The molecule has 11 heteroatoms. The second-order valence-corrected chi connectivity index (χ2v) is 4.44. The van der Waals surface area contributed by atoms with Crippen LogP contribution in [0.3, 0.4) is 0 Å². The molecule has 1 amide bonds. The summed E-state index contributed by atoms with van der Waals surface area (Å²) in [5.74, 6) is -0.557. The number of ether oxygens (including phenoxy) is 1. The lowest BCUT2D eigenvalue weighted by Crippen LogP contribution is -2.72. The van der Waals surface area contributed by atoms with Crippen LogP contribution in [0.5, 0.6) is 0 Å². The van der Waals surface area contributed by atoms with Gasteiger partial charge in [-0.1, -0.05) is 0 Å². The summed E-state index contributed by atoms with van der Waals surface area (Å²) < 4.78 is 83.5. The molecule has 23 heavy (non-hydrogen) atoms. The molecule has 0 atom stereocenters. The van der Waals surface area contributed by atoms with E-state index in [-0.39, 0.29) is 5.56 Å². The summed E-state index contributed by atoms with van der Waals surface area (Å²) in [7, 11) is 0. The Morgan fingerprint density at radius 2 is 1.78 bits per heavy atom. The molecular weight excluding hydrogens is 332 g/mol. The maximum Gasteiger partial charge on any atom is 0.462 e. The lowest BCUT2D eigenvalue weighted by molar-refractivity contribution is -0.367. The predicted molar refractivity (Wildman–Crippen MR) is 66.4 cm³/mol. The number of aromatic nitrogens is 1. The highest BCUT2D eigenvalue weighted by atomic mass is 19.4. The zero-order valence-corrected chi connectivity index (χ0v) is 12.0. The van der Waals surface area contributed by atoms with Gasteiger partial charge in [-0.3, -0.25) is 5.32 Å². The van der Waals surface area contributed by atoms with E-state index in [1.54, 1.807) is 0 Å². The summed E-state index contributed by atoms with van der Waals surface area (Å²) in [6.45, 7) is 2.14. The number of rotatable bonds is 4. The van der Waals surface area contributed by atoms with Gasteiger partial charge in [-0.2, -0.15) is 26.3 Å². The fraction of sp³-hybridized carbons (Fsp3) is 0.500. The number of aryl methyl sites for hydroxylation is 1. The van der Waals surface area contributed by atoms with Crippen molar-refractivity contribution in [3.05, 3.63) is 23.9 Å². The number of nitrogens with one attached hydrogen (secondary N) is 3. The minimum absolute atomic E-state index is 0.0797. The van der Waals surface area contributed by atoms with E-state index in [4.69, 9.17) is 0 Å². The molecule has 0 bridgehead atoms. The van der Waals surface area contributed by atoms with Crippen LogP contribution in [0.1, 0.15) is 12.5 Å². The van der Waals surface area contributed by atoms with Gasteiger partial charge in [0.15, 0.2) is 0 Å². The summed E-state index contributed by atoms with van der Waals surface area (Å²) >= 11 is 0. The first-order valence-electron chi connectivity index (χ1n) is 6.28. The average molecular weight is 346 g/mol. The molecule has 0 aliphatic carbocycles. The topological polar surface area (TPSA) is 64.5 Å². The van der Waals surface area contributed by atoms with E-state index in [1.807, 2.05) is 0 Å². The van der Waals surface area contributed by atoms with Gasteiger partial charge in [-0.15, -0.1) is 0 Å². The number of H-pyrrole nitrogens is 1. The molecule has 130 valence electrons. The molecule has 0 aromatic carbocycles. The number of anilines is 1. The monoisotopic (exact) mass is 346 g/mol. The van der Waals surface area contributed by atoms with Crippen molar-refractivity contribution in [1.82, 2.24) is 5.32 Å². The van der Waals surface area contributed by atoms with Gasteiger partial charge >= 0.3 is 24.1 Å². The van der Waals surface area contributed by atoms with E-state index in [1.165, 1.54) is 31.3 Å². The van der Waals surface area contributed by atoms with Crippen molar-refractivity contribution in [3.63, 3.8) is 0 Å². The molecular formula is C12H14F6N3O2+. The Hall–Kier alpha value is -2.20. The highest BCUT2D eigenvalue weighted by Gasteiger charge is 2.77.